The zero-order valence-electron chi connectivity index (χ0n) is 23.4. The van der Waals surface area contributed by atoms with Crippen LogP contribution in [0.4, 0.5) is 15.8 Å². The second-order valence-electron chi connectivity index (χ2n) is 11.0. The lowest BCUT2D eigenvalue weighted by Gasteiger charge is -2.39. The molecule has 2 fully saturated rings. The first kappa shape index (κ1) is 28.5. The zero-order chi connectivity index (χ0) is 29.4. The van der Waals surface area contributed by atoms with Crippen molar-refractivity contribution in [3.8, 4) is 22.9 Å². The molecule has 0 unspecified atom stereocenters. The van der Waals surface area contributed by atoms with Crippen molar-refractivity contribution in [2.24, 2.45) is 4.99 Å². The van der Waals surface area contributed by atoms with Crippen molar-refractivity contribution in [3.05, 3.63) is 76.8 Å². The van der Waals surface area contributed by atoms with E-state index in [2.05, 4.69) is 39.4 Å². The van der Waals surface area contributed by atoms with Gasteiger partial charge in [0.05, 0.1) is 41.2 Å². The summed E-state index contributed by atoms with van der Waals surface area (Å²) >= 11 is 13.1. The van der Waals surface area contributed by atoms with E-state index in [-0.39, 0.29) is 21.9 Å². The summed E-state index contributed by atoms with van der Waals surface area (Å²) in [5.74, 6) is 0.249. The van der Waals surface area contributed by atoms with Gasteiger partial charge in [-0.05, 0) is 74.1 Å². The average molecular weight is 606 g/mol. The summed E-state index contributed by atoms with van der Waals surface area (Å²) in [4.78, 5) is 6.91. The number of hydrogen-bond acceptors (Lipinski definition) is 6. The molecule has 0 aliphatic carbocycles. The Morgan fingerprint density at radius 3 is 2.69 bits per heavy atom. The molecule has 2 bridgehead atoms. The number of fused-ring (bicyclic) bond motifs is 3. The van der Waals surface area contributed by atoms with Crippen molar-refractivity contribution >= 4 is 45.3 Å². The highest BCUT2D eigenvalue weighted by Crippen LogP contribution is 2.39. The Hall–Kier alpha value is -3.64. The van der Waals surface area contributed by atoms with Gasteiger partial charge in [-0.15, -0.1) is 0 Å². The molecule has 1 N–H and O–H groups in total. The van der Waals surface area contributed by atoms with E-state index in [9.17, 15) is 4.39 Å². The predicted molar refractivity (Wildman–Crippen MR) is 166 cm³/mol. The van der Waals surface area contributed by atoms with Crippen LogP contribution in [0, 0.1) is 24.1 Å². The first-order valence-electron chi connectivity index (χ1n) is 14.1. The second-order valence-corrected chi connectivity index (χ2v) is 11.8. The van der Waals surface area contributed by atoms with E-state index >= 15 is 0 Å². The summed E-state index contributed by atoms with van der Waals surface area (Å²) in [6.45, 7) is 2.87. The molecule has 4 heterocycles. The molecule has 2 saturated heterocycles. The molecule has 0 amide bonds. The number of anilines is 1. The monoisotopic (exact) mass is 604 g/mol. The Labute approximate surface area is 254 Å². The number of aromatic nitrogens is 2. The fourth-order valence-electron chi connectivity index (χ4n) is 6.49. The number of piperidine rings is 1. The number of nitrogens with zero attached hydrogens (tertiary/aromatic N) is 5. The van der Waals surface area contributed by atoms with Crippen molar-refractivity contribution in [3.63, 3.8) is 0 Å². The molecule has 3 atom stereocenters. The number of benzene rings is 2. The van der Waals surface area contributed by atoms with E-state index in [0.717, 1.165) is 65.9 Å². The molecule has 0 saturated carbocycles. The van der Waals surface area contributed by atoms with Gasteiger partial charge in [-0.1, -0.05) is 35.3 Å². The van der Waals surface area contributed by atoms with Gasteiger partial charge in [0.25, 0.3) is 0 Å². The maximum absolute atomic E-state index is 14.6. The first-order chi connectivity index (χ1) is 20.4. The smallest absolute Gasteiger partial charge is 0.150 e. The molecule has 7 nitrogen and oxygen atoms in total. The highest BCUT2D eigenvalue weighted by Gasteiger charge is 2.40. The number of halogens is 3. The molecule has 216 valence electrons. The van der Waals surface area contributed by atoms with Gasteiger partial charge in [0.1, 0.15) is 22.4 Å². The fourth-order valence-corrected chi connectivity index (χ4v) is 6.93. The van der Waals surface area contributed by atoms with Crippen LogP contribution in [-0.2, 0) is 0 Å². The molecule has 6 rings (SSSR count). The third-order valence-corrected chi connectivity index (χ3v) is 9.06. The second kappa shape index (κ2) is 11.9. The van der Waals surface area contributed by atoms with Gasteiger partial charge < -0.3 is 10.1 Å². The number of para-hydroxylation sites is 1. The normalized spacial score (nSPS) is 20.6. The van der Waals surface area contributed by atoms with Gasteiger partial charge >= 0.3 is 0 Å². The third kappa shape index (κ3) is 5.45. The molecular formula is C32H31Cl2FN6O. The summed E-state index contributed by atoms with van der Waals surface area (Å²) in [5, 5.41) is 17.9. The van der Waals surface area contributed by atoms with Crippen LogP contribution in [0.25, 0.3) is 16.6 Å². The summed E-state index contributed by atoms with van der Waals surface area (Å²) in [7, 11) is 1.66. The number of aryl methyl sites for hydroxylation is 1. The highest BCUT2D eigenvalue weighted by atomic mass is 35.5. The predicted octanol–water partition coefficient (Wildman–Crippen LogP) is 7.75. The lowest BCUT2D eigenvalue weighted by Crippen LogP contribution is -2.47. The fraction of sp³-hybridized carbons (Fsp3) is 0.344. The molecule has 0 spiro atoms. The van der Waals surface area contributed by atoms with E-state index in [1.54, 1.807) is 19.4 Å². The van der Waals surface area contributed by atoms with E-state index in [4.69, 9.17) is 33.2 Å². The van der Waals surface area contributed by atoms with E-state index < -0.39 is 5.82 Å². The minimum absolute atomic E-state index is 0.0104. The number of nitrogens with one attached hydrogen (secondary N) is 1. The van der Waals surface area contributed by atoms with Gasteiger partial charge in [0.15, 0.2) is 0 Å². The van der Waals surface area contributed by atoms with Gasteiger partial charge in [0, 0.05) is 42.9 Å². The Kier molecular flexibility index (Phi) is 8.09. The van der Waals surface area contributed by atoms with Crippen LogP contribution in [0.2, 0.25) is 5.02 Å². The standard InChI is InChI=1S/C32H31Cl2FN6O/c1-19-13-24(42-2)9-10-25(19)20-14-29-30(38-21-15-22-7-8-23(16-21)40(22)12-4-11-36)26(17-37-41(29)18-20)32(34)39-31-27(33)5-3-6-28(31)35/h3,5-6,9-10,13-14,17-18,21-23,38H,4,7-8,12,15-16H2,1-2H3/b39-32-/t21-,22-,23+. The van der Waals surface area contributed by atoms with Crippen molar-refractivity contribution in [1.82, 2.24) is 14.5 Å². The van der Waals surface area contributed by atoms with Crippen molar-refractivity contribution in [1.29, 1.82) is 5.26 Å². The number of aliphatic imine (C=N–C) groups is 1. The van der Waals surface area contributed by atoms with Gasteiger partial charge in [-0.2, -0.15) is 10.4 Å². The third-order valence-electron chi connectivity index (χ3n) is 8.47. The van der Waals surface area contributed by atoms with Crippen LogP contribution in [0.1, 0.15) is 43.2 Å². The molecule has 42 heavy (non-hydrogen) atoms. The molecule has 4 aromatic rings. The van der Waals surface area contributed by atoms with E-state index in [1.165, 1.54) is 12.1 Å². The minimum atomic E-state index is -0.550. The SMILES string of the molecule is COc1ccc(-c2cc3c(N[C@@H]4C[C@H]5CC[C@@H](C4)N5CCC#N)c(/C(Cl)=N/c4c(F)cccc4Cl)cnn3c2)c(C)c1. The van der Waals surface area contributed by atoms with Gasteiger partial charge in [-0.3, -0.25) is 4.90 Å². The summed E-state index contributed by atoms with van der Waals surface area (Å²) in [6, 6.07) is 15.8. The van der Waals surface area contributed by atoms with Crippen LogP contribution in [-0.4, -0.2) is 51.5 Å². The molecule has 0 radical (unpaired) electrons. The molecule has 2 aromatic carbocycles. The van der Waals surface area contributed by atoms with Crippen LogP contribution in [0.5, 0.6) is 5.75 Å². The first-order valence-corrected chi connectivity index (χ1v) is 14.9. The van der Waals surface area contributed by atoms with Crippen molar-refractivity contribution in [2.75, 3.05) is 19.0 Å². The van der Waals surface area contributed by atoms with Crippen LogP contribution in [0.15, 0.2) is 59.9 Å². The Morgan fingerprint density at radius 1 is 1.21 bits per heavy atom. The molecule has 2 aromatic heterocycles. The van der Waals surface area contributed by atoms with E-state index in [0.29, 0.717) is 24.1 Å². The summed E-state index contributed by atoms with van der Waals surface area (Å²) < 4.78 is 21.9. The topological polar surface area (TPSA) is 77.9 Å². The molecular weight excluding hydrogens is 574 g/mol. The summed E-state index contributed by atoms with van der Waals surface area (Å²) in [5.41, 5.74) is 5.33. The molecule has 10 heteroatoms. The Bertz CT molecular complexity index is 1680. The number of rotatable bonds is 8. The van der Waals surface area contributed by atoms with E-state index in [1.807, 2.05) is 28.9 Å². The van der Waals surface area contributed by atoms with Crippen molar-refractivity contribution < 1.29 is 9.13 Å². The van der Waals surface area contributed by atoms with Crippen LogP contribution in [0.3, 0.4) is 0 Å². The maximum atomic E-state index is 14.6. The molecule has 2 aliphatic rings. The summed E-state index contributed by atoms with van der Waals surface area (Å²) in [6.07, 6.45) is 8.37. The lowest BCUT2D eigenvalue weighted by atomic mass is 9.96. The highest BCUT2D eigenvalue weighted by molar-refractivity contribution is 6.70. The number of methoxy groups -OCH3 is 1. The van der Waals surface area contributed by atoms with Gasteiger partial charge in [0.2, 0.25) is 0 Å². The van der Waals surface area contributed by atoms with Crippen molar-refractivity contribution in [2.45, 2.75) is 57.2 Å². The quantitative estimate of drug-likeness (QED) is 0.208. The average Bonchev–Trinajstić information content (AvgIpc) is 3.51. The Balaban J connectivity index is 1.42. The van der Waals surface area contributed by atoms with Crippen LogP contribution < -0.4 is 10.1 Å². The minimum Gasteiger partial charge on any atom is -0.497 e. The van der Waals surface area contributed by atoms with Gasteiger partial charge in [-0.25, -0.2) is 13.9 Å². The zero-order valence-corrected chi connectivity index (χ0v) is 25.0. The number of nitriles is 1. The maximum Gasteiger partial charge on any atom is 0.150 e. The Morgan fingerprint density at radius 2 is 2.00 bits per heavy atom. The molecule has 2 aliphatic heterocycles. The lowest BCUT2D eigenvalue weighted by molar-refractivity contribution is 0.136. The largest absolute Gasteiger partial charge is 0.497 e. The number of hydrogen-bond donors (Lipinski definition) is 1. The number of ether oxygens (including phenoxy) is 1. The van der Waals surface area contributed by atoms with Crippen LogP contribution >= 0.6 is 23.2 Å².